The van der Waals surface area contributed by atoms with Gasteiger partial charge in [-0.3, -0.25) is 0 Å². The van der Waals surface area contributed by atoms with Crippen LogP contribution in [0.3, 0.4) is 0 Å². The van der Waals surface area contributed by atoms with Crippen molar-refractivity contribution < 1.29 is 0 Å². The number of allylic oxidation sites excluding steroid dienone is 1. The first-order valence-electron chi connectivity index (χ1n) is 5.97. The van der Waals surface area contributed by atoms with Crippen LogP contribution in [0, 0.1) is 11.8 Å². The fourth-order valence-corrected chi connectivity index (χ4v) is 3.05. The summed E-state index contributed by atoms with van der Waals surface area (Å²) in [5, 5.41) is 4.37. The van der Waals surface area contributed by atoms with Gasteiger partial charge in [0.05, 0.1) is 5.02 Å². The van der Waals surface area contributed by atoms with E-state index in [2.05, 4.69) is 16.4 Å². The number of aromatic nitrogens is 1. The molecule has 1 fully saturated rings. The standard InChI is InChI=1S/C13H14Cl2N2/c14-12-4-11(7-17-13(12)15)8-1-2-9-5-16-6-10(9)3-8/h3-4,7,9-10,16H,1-2,5-6H2/t9-,10+/m1/s1. The van der Waals surface area contributed by atoms with Gasteiger partial charge in [-0.05, 0) is 48.4 Å². The molecule has 1 saturated heterocycles. The summed E-state index contributed by atoms with van der Waals surface area (Å²) >= 11 is 11.8. The zero-order valence-corrected chi connectivity index (χ0v) is 10.9. The van der Waals surface area contributed by atoms with Crippen LogP contribution in [0.2, 0.25) is 10.2 Å². The van der Waals surface area contributed by atoms with Gasteiger partial charge in [0.25, 0.3) is 0 Å². The van der Waals surface area contributed by atoms with E-state index in [9.17, 15) is 0 Å². The third kappa shape index (κ3) is 2.22. The molecular formula is C13H14Cl2N2. The van der Waals surface area contributed by atoms with Crippen LogP contribution in [-0.2, 0) is 0 Å². The van der Waals surface area contributed by atoms with E-state index >= 15 is 0 Å². The van der Waals surface area contributed by atoms with Gasteiger partial charge in [-0.15, -0.1) is 0 Å². The van der Waals surface area contributed by atoms with E-state index in [1.165, 1.54) is 12.0 Å². The van der Waals surface area contributed by atoms with Crippen LogP contribution in [0.4, 0.5) is 0 Å². The molecule has 0 aromatic carbocycles. The molecule has 0 amide bonds. The Morgan fingerprint density at radius 3 is 3.00 bits per heavy atom. The second-order valence-electron chi connectivity index (χ2n) is 4.81. The van der Waals surface area contributed by atoms with Crippen LogP contribution in [0.5, 0.6) is 0 Å². The highest BCUT2D eigenvalue weighted by Gasteiger charge is 2.29. The summed E-state index contributed by atoms with van der Waals surface area (Å²) < 4.78 is 0. The molecule has 0 unspecified atom stereocenters. The van der Waals surface area contributed by atoms with Gasteiger partial charge in [0.1, 0.15) is 5.15 Å². The molecule has 2 atom stereocenters. The molecule has 0 saturated carbocycles. The molecule has 2 heterocycles. The molecule has 0 spiro atoms. The maximum Gasteiger partial charge on any atom is 0.147 e. The van der Waals surface area contributed by atoms with Crippen LogP contribution >= 0.6 is 23.2 Å². The molecule has 0 radical (unpaired) electrons. The van der Waals surface area contributed by atoms with Gasteiger partial charge in [-0.2, -0.15) is 0 Å². The highest BCUT2D eigenvalue weighted by Crippen LogP contribution is 2.36. The lowest BCUT2D eigenvalue weighted by atomic mass is 9.81. The smallest absolute Gasteiger partial charge is 0.147 e. The monoisotopic (exact) mass is 268 g/mol. The predicted octanol–water partition coefficient (Wildman–Crippen LogP) is 3.40. The van der Waals surface area contributed by atoms with Gasteiger partial charge in [0.15, 0.2) is 0 Å². The summed E-state index contributed by atoms with van der Waals surface area (Å²) in [4.78, 5) is 4.12. The first-order chi connectivity index (χ1) is 8.24. The minimum Gasteiger partial charge on any atom is -0.316 e. The largest absolute Gasteiger partial charge is 0.316 e. The van der Waals surface area contributed by atoms with E-state index in [0.29, 0.717) is 16.1 Å². The van der Waals surface area contributed by atoms with Crippen LogP contribution in [0.15, 0.2) is 18.3 Å². The second kappa shape index (κ2) is 4.60. The van der Waals surface area contributed by atoms with Crippen molar-refractivity contribution in [1.82, 2.24) is 10.3 Å². The lowest BCUT2D eigenvalue weighted by Crippen LogP contribution is -2.15. The Bertz CT molecular complexity index is 470. The lowest BCUT2D eigenvalue weighted by Gasteiger charge is -2.23. The maximum atomic E-state index is 6.01. The number of nitrogens with zero attached hydrogens (tertiary/aromatic N) is 1. The fourth-order valence-electron chi connectivity index (χ4n) is 2.78. The van der Waals surface area contributed by atoms with Crippen LogP contribution < -0.4 is 5.32 Å². The molecule has 3 rings (SSSR count). The Balaban J connectivity index is 1.91. The minimum absolute atomic E-state index is 0.382. The van der Waals surface area contributed by atoms with Crippen LogP contribution in [-0.4, -0.2) is 18.1 Å². The summed E-state index contributed by atoms with van der Waals surface area (Å²) in [6, 6.07) is 1.92. The van der Waals surface area contributed by atoms with Crippen molar-refractivity contribution in [3.05, 3.63) is 34.1 Å². The molecular weight excluding hydrogens is 255 g/mol. The Morgan fingerprint density at radius 1 is 1.29 bits per heavy atom. The molecule has 2 aliphatic rings. The molecule has 0 bridgehead atoms. The number of halogens is 2. The van der Waals surface area contributed by atoms with Crippen molar-refractivity contribution in [3.8, 4) is 0 Å². The van der Waals surface area contributed by atoms with Crippen molar-refractivity contribution in [2.75, 3.05) is 13.1 Å². The van der Waals surface area contributed by atoms with Gasteiger partial charge < -0.3 is 5.32 Å². The van der Waals surface area contributed by atoms with Crippen molar-refractivity contribution in [2.24, 2.45) is 11.8 Å². The zero-order chi connectivity index (χ0) is 11.8. The van der Waals surface area contributed by atoms with Crippen LogP contribution in [0.25, 0.3) is 5.57 Å². The van der Waals surface area contributed by atoms with E-state index < -0.39 is 0 Å². The van der Waals surface area contributed by atoms with Gasteiger partial charge in [-0.25, -0.2) is 4.98 Å². The first kappa shape index (κ1) is 11.5. The topological polar surface area (TPSA) is 24.9 Å². The molecule has 1 aromatic heterocycles. The third-order valence-electron chi connectivity index (χ3n) is 3.76. The summed E-state index contributed by atoms with van der Waals surface area (Å²) in [6.07, 6.45) is 6.57. The van der Waals surface area contributed by atoms with Gasteiger partial charge in [0.2, 0.25) is 0 Å². The van der Waals surface area contributed by atoms with E-state index in [4.69, 9.17) is 23.2 Å². The number of fused-ring (bicyclic) bond motifs is 1. The van der Waals surface area contributed by atoms with Crippen molar-refractivity contribution in [3.63, 3.8) is 0 Å². The molecule has 1 aliphatic heterocycles. The minimum atomic E-state index is 0.382. The normalized spacial score (nSPS) is 27.8. The molecule has 2 nitrogen and oxygen atoms in total. The van der Waals surface area contributed by atoms with E-state index in [1.807, 2.05) is 12.3 Å². The average molecular weight is 269 g/mol. The quantitative estimate of drug-likeness (QED) is 0.790. The molecule has 90 valence electrons. The number of hydrogen-bond acceptors (Lipinski definition) is 2. The molecule has 1 aromatic rings. The number of rotatable bonds is 1. The van der Waals surface area contributed by atoms with Crippen molar-refractivity contribution in [1.29, 1.82) is 0 Å². The maximum absolute atomic E-state index is 6.01. The highest BCUT2D eigenvalue weighted by atomic mass is 35.5. The van der Waals surface area contributed by atoms with Gasteiger partial charge in [-0.1, -0.05) is 29.3 Å². The third-order valence-corrected chi connectivity index (χ3v) is 4.44. The Morgan fingerprint density at radius 2 is 2.18 bits per heavy atom. The summed E-state index contributed by atoms with van der Waals surface area (Å²) in [6.45, 7) is 2.26. The van der Waals surface area contributed by atoms with E-state index in [0.717, 1.165) is 31.0 Å². The lowest BCUT2D eigenvalue weighted by molar-refractivity contribution is 0.448. The Kier molecular flexibility index (Phi) is 3.12. The van der Waals surface area contributed by atoms with Crippen molar-refractivity contribution in [2.45, 2.75) is 12.8 Å². The molecule has 1 aliphatic carbocycles. The predicted molar refractivity (Wildman–Crippen MR) is 71.3 cm³/mol. The SMILES string of the molecule is Clc1cc(C2=C[C@H]3CNC[C@H]3CC2)cnc1Cl. The first-order valence-corrected chi connectivity index (χ1v) is 6.72. The second-order valence-corrected chi connectivity index (χ2v) is 5.57. The molecule has 4 heteroatoms. The average Bonchev–Trinajstić information content (AvgIpc) is 2.79. The molecule has 1 N–H and O–H groups in total. The zero-order valence-electron chi connectivity index (χ0n) is 9.42. The summed E-state index contributed by atoms with van der Waals surface area (Å²) in [5.41, 5.74) is 2.48. The molecule has 17 heavy (non-hydrogen) atoms. The summed E-state index contributed by atoms with van der Waals surface area (Å²) in [7, 11) is 0. The number of pyridine rings is 1. The fraction of sp³-hybridized carbons (Fsp3) is 0.462. The van der Waals surface area contributed by atoms with E-state index in [1.54, 1.807) is 0 Å². The van der Waals surface area contributed by atoms with Gasteiger partial charge >= 0.3 is 0 Å². The van der Waals surface area contributed by atoms with E-state index in [-0.39, 0.29) is 0 Å². The highest BCUT2D eigenvalue weighted by molar-refractivity contribution is 6.41. The number of nitrogens with one attached hydrogen (secondary N) is 1. The Hall–Kier alpha value is -0.570. The number of hydrogen-bond donors (Lipinski definition) is 1. The Labute approximate surface area is 111 Å². The van der Waals surface area contributed by atoms with Gasteiger partial charge in [0, 0.05) is 12.7 Å². The van der Waals surface area contributed by atoms with Crippen LogP contribution in [0.1, 0.15) is 18.4 Å². The van der Waals surface area contributed by atoms with Crippen molar-refractivity contribution >= 4 is 28.8 Å². The summed E-state index contributed by atoms with van der Waals surface area (Å²) in [5.74, 6) is 1.49.